The summed E-state index contributed by atoms with van der Waals surface area (Å²) in [7, 11) is 3.06. The third-order valence-electron chi connectivity index (χ3n) is 3.19. The van der Waals surface area contributed by atoms with Crippen LogP contribution in [0.5, 0.6) is 0 Å². The first-order valence-corrected chi connectivity index (χ1v) is 4.97. The predicted molar refractivity (Wildman–Crippen MR) is 51.7 cm³/mol. The number of alkyl halides is 2. The molecule has 15 heavy (non-hydrogen) atoms. The summed E-state index contributed by atoms with van der Waals surface area (Å²) in [6.45, 7) is 2.49. The maximum Gasteiger partial charge on any atom is 0.313 e. The van der Waals surface area contributed by atoms with Gasteiger partial charge >= 0.3 is 5.97 Å². The summed E-state index contributed by atoms with van der Waals surface area (Å²) >= 11 is 0. The molecule has 0 aromatic heterocycles. The molecule has 88 valence electrons. The van der Waals surface area contributed by atoms with E-state index in [-0.39, 0.29) is 0 Å². The molecule has 5 heteroatoms. The van der Waals surface area contributed by atoms with Gasteiger partial charge in [-0.1, -0.05) is 0 Å². The predicted octanol–water partition coefficient (Wildman–Crippen LogP) is 1.38. The minimum atomic E-state index is -2.47. The zero-order valence-corrected chi connectivity index (χ0v) is 9.30. The molecule has 1 fully saturated rings. The summed E-state index contributed by atoms with van der Waals surface area (Å²) in [5.41, 5.74) is -1.09. The number of hydrogen-bond donors (Lipinski definition) is 0. The van der Waals surface area contributed by atoms with Gasteiger partial charge in [-0.05, 0) is 26.9 Å². The van der Waals surface area contributed by atoms with E-state index in [1.54, 1.807) is 6.92 Å². The lowest BCUT2D eigenvalue weighted by molar-refractivity contribution is -0.165. The fourth-order valence-corrected chi connectivity index (χ4v) is 2.29. The van der Waals surface area contributed by atoms with Crippen molar-refractivity contribution in [3.05, 3.63) is 0 Å². The van der Waals surface area contributed by atoms with Crippen LogP contribution in [0.2, 0.25) is 0 Å². The second-order valence-corrected chi connectivity index (χ2v) is 4.38. The molecule has 0 bridgehead atoms. The summed E-state index contributed by atoms with van der Waals surface area (Å²) < 4.78 is 30.2. The van der Waals surface area contributed by atoms with Gasteiger partial charge in [-0.25, -0.2) is 8.78 Å². The third kappa shape index (κ3) is 2.27. The first-order chi connectivity index (χ1) is 6.91. The summed E-state index contributed by atoms with van der Waals surface area (Å²) in [6, 6.07) is 0. The van der Waals surface area contributed by atoms with Gasteiger partial charge in [-0.2, -0.15) is 0 Å². The van der Waals surface area contributed by atoms with Gasteiger partial charge in [0, 0.05) is 12.5 Å². The fraction of sp³-hybridized carbons (Fsp3) is 0.900. The van der Waals surface area contributed by atoms with Crippen molar-refractivity contribution in [1.29, 1.82) is 0 Å². The number of halogens is 2. The minimum absolute atomic E-state index is 0.328. The van der Waals surface area contributed by atoms with E-state index in [9.17, 15) is 13.6 Å². The Morgan fingerprint density at radius 2 is 2.20 bits per heavy atom. The molecular formula is C10H17F2NO2. The van der Waals surface area contributed by atoms with Crippen molar-refractivity contribution in [1.82, 2.24) is 4.90 Å². The molecular weight excluding hydrogens is 204 g/mol. The van der Waals surface area contributed by atoms with E-state index in [1.165, 1.54) is 7.11 Å². The molecule has 2 atom stereocenters. The van der Waals surface area contributed by atoms with Gasteiger partial charge in [-0.3, -0.25) is 4.79 Å². The molecule has 1 saturated heterocycles. The summed E-state index contributed by atoms with van der Waals surface area (Å²) in [5, 5.41) is 0. The molecule has 0 aromatic rings. The monoisotopic (exact) mass is 221 g/mol. The number of carbonyl (C=O) groups excluding carboxylic acids is 1. The van der Waals surface area contributed by atoms with Crippen LogP contribution in [0.4, 0.5) is 8.78 Å². The van der Waals surface area contributed by atoms with Crippen LogP contribution in [-0.4, -0.2) is 44.5 Å². The Morgan fingerprint density at radius 1 is 1.60 bits per heavy atom. The topological polar surface area (TPSA) is 29.5 Å². The normalized spacial score (nSPS) is 33.1. The van der Waals surface area contributed by atoms with E-state index in [4.69, 9.17) is 0 Å². The minimum Gasteiger partial charge on any atom is -0.469 e. The number of ether oxygens (including phenoxy) is 1. The quantitative estimate of drug-likeness (QED) is 0.660. The Kier molecular flexibility index (Phi) is 3.65. The Morgan fingerprint density at radius 3 is 2.67 bits per heavy atom. The Balaban J connectivity index is 2.91. The maximum atomic E-state index is 12.8. The standard InChI is InChI=1S/C10H17F2NO2/c1-10(9(14)15-3)6-13(2)5-4-7(10)8(11)12/h7-8H,4-6H2,1-3H3/t7-,10-/m1/s1. The average Bonchev–Trinajstić information content (AvgIpc) is 2.15. The average molecular weight is 221 g/mol. The first kappa shape index (κ1) is 12.4. The SMILES string of the molecule is COC(=O)[C@]1(C)CN(C)CC[C@@H]1C(F)F. The van der Waals surface area contributed by atoms with Gasteiger partial charge < -0.3 is 9.64 Å². The zero-order valence-electron chi connectivity index (χ0n) is 9.30. The first-order valence-electron chi connectivity index (χ1n) is 4.97. The van der Waals surface area contributed by atoms with Crippen LogP contribution in [0.1, 0.15) is 13.3 Å². The molecule has 0 amide bonds. The lowest BCUT2D eigenvalue weighted by Crippen LogP contribution is -2.52. The van der Waals surface area contributed by atoms with Crippen molar-refractivity contribution in [3.8, 4) is 0 Å². The molecule has 0 unspecified atom stereocenters. The van der Waals surface area contributed by atoms with E-state index < -0.39 is 23.7 Å². The summed E-state index contributed by atoms with van der Waals surface area (Å²) in [4.78, 5) is 13.5. The van der Waals surface area contributed by atoms with Gasteiger partial charge in [0.15, 0.2) is 0 Å². The highest BCUT2D eigenvalue weighted by Gasteiger charge is 2.49. The highest BCUT2D eigenvalue weighted by molar-refractivity contribution is 5.77. The molecule has 1 aliphatic rings. The van der Waals surface area contributed by atoms with Gasteiger partial charge in [0.05, 0.1) is 12.5 Å². The molecule has 1 rings (SSSR count). The van der Waals surface area contributed by atoms with Crippen LogP contribution in [0, 0.1) is 11.3 Å². The van der Waals surface area contributed by atoms with Gasteiger partial charge in [-0.15, -0.1) is 0 Å². The maximum absolute atomic E-state index is 12.8. The fourth-order valence-electron chi connectivity index (χ4n) is 2.29. The highest BCUT2D eigenvalue weighted by atomic mass is 19.3. The third-order valence-corrected chi connectivity index (χ3v) is 3.19. The highest BCUT2D eigenvalue weighted by Crippen LogP contribution is 2.39. The molecule has 0 aliphatic carbocycles. The van der Waals surface area contributed by atoms with E-state index in [0.29, 0.717) is 19.5 Å². The number of piperidine rings is 1. The Hall–Kier alpha value is -0.710. The lowest BCUT2D eigenvalue weighted by Gasteiger charge is -2.42. The van der Waals surface area contributed by atoms with Crippen molar-refractivity contribution in [2.24, 2.45) is 11.3 Å². The van der Waals surface area contributed by atoms with Crippen molar-refractivity contribution in [2.75, 3.05) is 27.2 Å². The number of esters is 1. The van der Waals surface area contributed by atoms with E-state index in [0.717, 1.165) is 0 Å². The zero-order chi connectivity index (χ0) is 11.6. The molecule has 0 saturated carbocycles. The lowest BCUT2D eigenvalue weighted by atomic mass is 9.72. The Bertz CT molecular complexity index is 248. The van der Waals surface area contributed by atoms with Gasteiger partial charge in [0.25, 0.3) is 0 Å². The second kappa shape index (κ2) is 4.43. The van der Waals surface area contributed by atoms with Crippen molar-refractivity contribution in [3.63, 3.8) is 0 Å². The number of carbonyl (C=O) groups is 1. The molecule has 0 N–H and O–H groups in total. The Labute approximate surface area is 88.4 Å². The van der Waals surface area contributed by atoms with Crippen LogP contribution < -0.4 is 0 Å². The summed E-state index contributed by atoms with van der Waals surface area (Å²) in [5.74, 6) is -1.44. The van der Waals surface area contributed by atoms with Crippen LogP contribution >= 0.6 is 0 Å². The number of nitrogens with zero attached hydrogens (tertiary/aromatic N) is 1. The molecule has 0 aromatic carbocycles. The smallest absolute Gasteiger partial charge is 0.313 e. The van der Waals surface area contributed by atoms with Crippen LogP contribution in [0.3, 0.4) is 0 Å². The molecule has 1 heterocycles. The van der Waals surface area contributed by atoms with Gasteiger partial charge in [0.2, 0.25) is 6.43 Å². The van der Waals surface area contributed by atoms with Crippen LogP contribution in [-0.2, 0) is 9.53 Å². The van der Waals surface area contributed by atoms with Gasteiger partial charge in [0.1, 0.15) is 0 Å². The number of rotatable bonds is 2. The molecule has 0 radical (unpaired) electrons. The second-order valence-electron chi connectivity index (χ2n) is 4.38. The van der Waals surface area contributed by atoms with Crippen molar-refractivity contribution in [2.45, 2.75) is 19.8 Å². The molecule has 0 spiro atoms. The van der Waals surface area contributed by atoms with Crippen LogP contribution in [0.15, 0.2) is 0 Å². The summed E-state index contributed by atoms with van der Waals surface area (Å²) in [6.07, 6.45) is -2.14. The van der Waals surface area contributed by atoms with E-state index >= 15 is 0 Å². The van der Waals surface area contributed by atoms with Crippen molar-refractivity contribution < 1.29 is 18.3 Å². The van der Waals surface area contributed by atoms with Crippen LogP contribution in [0.25, 0.3) is 0 Å². The number of methoxy groups -OCH3 is 1. The number of hydrogen-bond acceptors (Lipinski definition) is 3. The van der Waals surface area contributed by atoms with E-state index in [2.05, 4.69) is 4.74 Å². The van der Waals surface area contributed by atoms with E-state index in [1.807, 2.05) is 11.9 Å². The molecule has 3 nitrogen and oxygen atoms in total. The molecule has 1 aliphatic heterocycles. The largest absolute Gasteiger partial charge is 0.469 e. The number of likely N-dealkylation sites (tertiary alicyclic amines) is 1. The van der Waals surface area contributed by atoms with Crippen molar-refractivity contribution >= 4 is 5.97 Å².